The Labute approximate surface area is 195 Å². The number of hydrogen-bond donors (Lipinski definition) is 1. The fraction of sp³-hybridized carbons (Fsp3) is 0.0769. The van der Waals surface area contributed by atoms with Gasteiger partial charge in [-0.1, -0.05) is 104 Å². The van der Waals surface area contributed by atoms with E-state index in [1.165, 1.54) is 11.8 Å². The lowest BCUT2D eigenvalue weighted by molar-refractivity contribution is -0.117. The van der Waals surface area contributed by atoms with Crippen molar-refractivity contribution in [3.63, 3.8) is 0 Å². The lowest BCUT2D eigenvalue weighted by atomic mass is 9.87. The summed E-state index contributed by atoms with van der Waals surface area (Å²) in [7, 11) is 0. The highest BCUT2D eigenvalue weighted by Crippen LogP contribution is 2.39. The van der Waals surface area contributed by atoms with E-state index in [1.54, 1.807) is 12.2 Å². The van der Waals surface area contributed by atoms with Gasteiger partial charge < -0.3 is 4.55 Å². The van der Waals surface area contributed by atoms with Gasteiger partial charge in [0, 0.05) is 11.3 Å². The summed E-state index contributed by atoms with van der Waals surface area (Å²) in [5.74, 6) is -0.517. The van der Waals surface area contributed by atoms with Gasteiger partial charge in [0.05, 0.1) is 0 Å². The molecule has 0 fully saturated rings. The minimum atomic E-state index is -1.56. The van der Waals surface area contributed by atoms with Gasteiger partial charge in [-0.15, -0.1) is 0 Å². The van der Waals surface area contributed by atoms with Crippen LogP contribution in [0.15, 0.2) is 120 Å². The average Bonchev–Trinajstić information content (AvgIpc) is 3.18. The number of amidine groups is 1. The zero-order chi connectivity index (χ0) is 22.5. The number of allylic oxidation sites excluding steroid dienone is 4. The quantitative estimate of drug-likeness (QED) is 0.373. The average molecular weight is 459 g/mol. The van der Waals surface area contributed by atoms with Gasteiger partial charge >= 0.3 is 0 Å². The molecule has 0 bridgehead atoms. The predicted molar refractivity (Wildman–Crippen MR) is 135 cm³/mol. The van der Waals surface area contributed by atoms with Crippen LogP contribution in [-0.2, 0) is 16.2 Å². The Kier molecular flexibility index (Phi) is 6.95. The number of rotatable bonds is 7. The number of carbonyl (C=O) groups is 1. The third kappa shape index (κ3) is 4.58. The predicted octanol–water partition coefficient (Wildman–Crippen LogP) is 5.53. The smallest absolute Gasteiger partial charge is 0.262 e. The number of amides is 1. The zero-order valence-corrected chi connectivity index (χ0v) is 18.9. The van der Waals surface area contributed by atoms with Gasteiger partial charge in [0.15, 0.2) is 4.90 Å². The zero-order valence-electron chi connectivity index (χ0n) is 17.3. The molecule has 1 heterocycles. The second-order valence-corrected chi connectivity index (χ2v) is 9.45. The Hall–Kier alpha value is -3.06. The number of benzene rings is 3. The first-order chi connectivity index (χ1) is 15.6. The summed E-state index contributed by atoms with van der Waals surface area (Å²) in [6.07, 6.45) is 5.29. The number of carbonyl (C=O) groups excluding carboxylic acids is 1. The van der Waals surface area contributed by atoms with Crippen molar-refractivity contribution >= 4 is 45.0 Å². The largest absolute Gasteiger partial charge is 0.588 e. The first-order valence-corrected chi connectivity index (χ1v) is 12.1. The van der Waals surface area contributed by atoms with Gasteiger partial charge in [0.2, 0.25) is 5.17 Å². The van der Waals surface area contributed by atoms with E-state index in [9.17, 15) is 9.35 Å². The van der Waals surface area contributed by atoms with E-state index in [0.717, 1.165) is 21.9 Å². The summed E-state index contributed by atoms with van der Waals surface area (Å²) < 4.78 is 16.1. The van der Waals surface area contributed by atoms with Crippen molar-refractivity contribution in [2.75, 3.05) is 0 Å². The fourth-order valence-electron chi connectivity index (χ4n) is 3.75. The van der Waals surface area contributed by atoms with Crippen LogP contribution in [0.4, 0.5) is 0 Å². The molecule has 0 aromatic heterocycles. The molecule has 3 unspecified atom stereocenters. The summed E-state index contributed by atoms with van der Waals surface area (Å²) in [6.45, 7) is 7.71. The number of thioether (sulfide) groups is 1. The van der Waals surface area contributed by atoms with Gasteiger partial charge in [-0.05, 0) is 28.7 Å². The Bertz CT molecular complexity index is 1220. The highest BCUT2D eigenvalue weighted by Gasteiger charge is 2.39. The van der Waals surface area contributed by atoms with Crippen molar-refractivity contribution in [2.45, 2.75) is 16.1 Å². The van der Waals surface area contributed by atoms with Crippen LogP contribution in [0.5, 0.6) is 0 Å². The lowest BCUT2D eigenvalue weighted by Gasteiger charge is -2.23. The van der Waals surface area contributed by atoms with Gasteiger partial charge in [-0.2, -0.15) is 9.71 Å². The van der Waals surface area contributed by atoms with Gasteiger partial charge in [0.25, 0.3) is 5.91 Å². The summed E-state index contributed by atoms with van der Waals surface area (Å²) in [6, 6.07) is 23.2. The Morgan fingerprint density at radius 1 is 1.06 bits per heavy atom. The normalized spacial score (nSPS) is 18.2. The summed E-state index contributed by atoms with van der Waals surface area (Å²) in [5.41, 5.74) is 1.86. The van der Waals surface area contributed by atoms with Gasteiger partial charge in [-0.25, -0.2) is 0 Å². The highest BCUT2D eigenvalue weighted by atomic mass is 32.2. The third-order valence-electron chi connectivity index (χ3n) is 5.19. The van der Waals surface area contributed by atoms with Gasteiger partial charge in [-0.3, -0.25) is 4.79 Å². The van der Waals surface area contributed by atoms with Crippen molar-refractivity contribution in [1.82, 2.24) is 4.72 Å². The van der Waals surface area contributed by atoms with Crippen molar-refractivity contribution in [1.29, 1.82) is 0 Å². The van der Waals surface area contributed by atoms with E-state index in [0.29, 0.717) is 10.1 Å². The number of hydrogen-bond acceptors (Lipinski definition) is 4. The molecule has 4 nitrogen and oxygen atoms in total. The van der Waals surface area contributed by atoms with Crippen molar-refractivity contribution in [3.05, 3.63) is 115 Å². The molecule has 3 aromatic rings. The first kappa shape index (κ1) is 22.1. The Balaban J connectivity index is 1.59. The van der Waals surface area contributed by atoms with E-state index in [2.05, 4.69) is 22.9 Å². The SMILES string of the molecule is C=C/C=C(\C=C)C(c1ccccc1)C1SC(N[S+]([O-])c2cccc3ccccc23)=NC1=O. The van der Waals surface area contributed by atoms with Crippen LogP contribution < -0.4 is 4.72 Å². The second-order valence-electron chi connectivity index (χ2n) is 7.14. The molecule has 0 saturated heterocycles. The first-order valence-electron chi connectivity index (χ1n) is 10.1. The molecule has 0 aliphatic carbocycles. The van der Waals surface area contributed by atoms with Crippen LogP contribution in [0.1, 0.15) is 11.5 Å². The van der Waals surface area contributed by atoms with E-state index >= 15 is 0 Å². The van der Waals surface area contributed by atoms with Crippen LogP contribution >= 0.6 is 11.8 Å². The molecule has 160 valence electrons. The molecule has 3 aromatic carbocycles. The van der Waals surface area contributed by atoms with Crippen LogP contribution in [0.25, 0.3) is 10.8 Å². The number of fused-ring (bicyclic) bond motifs is 1. The van der Waals surface area contributed by atoms with E-state index in [-0.39, 0.29) is 11.8 Å². The van der Waals surface area contributed by atoms with Crippen LogP contribution in [0, 0.1) is 0 Å². The molecule has 4 rings (SSSR count). The number of nitrogens with zero attached hydrogens (tertiary/aromatic N) is 1. The highest BCUT2D eigenvalue weighted by molar-refractivity contribution is 8.16. The summed E-state index contributed by atoms with van der Waals surface area (Å²) in [4.78, 5) is 17.8. The molecule has 6 heteroatoms. The molecule has 1 N–H and O–H groups in total. The van der Waals surface area contributed by atoms with E-state index in [1.807, 2.05) is 78.9 Å². The van der Waals surface area contributed by atoms with Crippen LogP contribution in [0.2, 0.25) is 0 Å². The van der Waals surface area contributed by atoms with Crippen LogP contribution in [0.3, 0.4) is 0 Å². The van der Waals surface area contributed by atoms with Gasteiger partial charge in [0.1, 0.15) is 16.6 Å². The minimum absolute atomic E-state index is 0.252. The molecule has 1 aliphatic rings. The maximum atomic E-state index is 13.1. The van der Waals surface area contributed by atoms with E-state index in [4.69, 9.17) is 0 Å². The van der Waals surface area contributed by atoms with Crippen molar-refractivity contribution in [3.8, 4) is 0 Å². The number of nitrogens with one attached hydrogen (secondary N) is 1. The molecule has 0 saturated carbocycles. The Morgan fingerprint density at radius 3 is 2.53 bits per heavy atom. The standard InChI is InChI=1S/C26H22N2O2S2/c1-3-11-18(4-2)23(20-13-6-5-7-14-20)24-25(29)27-26(31-24)28-32(30)22-17-10-15-19-12-8-9-16-21(19)22/h3-17,23-24H,1-2H2,(H,27,28,29)/b18-11+. The lowest BCUT2D eigenvalue weighted by Crippen LogP contribution is -2.28. The van der Waals surface area contributed by atoms with Crippen molar-refractivity contribution in [2.24, 2.45) is 4.99 Å². The molecule has 0 radical (unpaired) electrons. The Morgan fingerprint density at radius 2 is 1.78 bits per heavy atom. The summed E-state index contributed by atoms with van der Waals surface area (Å²) in [5, 5.41) is 1.77. The maximum absolute atomic E-state index is 13.1. The molecule has 3 atom stereocenters. The maximum Gasteiger partial charge on any atom is 0.262 e. The molecular weight excluding hydrogens is 436 g/mol. The molecule has 1 amide bonds. The molecule has 32 heavy (non-hydrogen) atoms. The van der Waals surface area contributed by atoms with E-state index < -0.39 is 16.6 Å². The van der Waals surface area contributed by atoms with Crippen molar-refractivity contribution < 1.29 is 9.35 Å². The fourth-order valence-corrected chi connectivity index (χ4v) is 6.06. The second kappa shape index (κ2) is 10.0. The summed E-state index contributed by atoms with van der Waals surface area (Å²) >= 11 is -0.263. The van der Waals surface area contributed by atoms with Crippen LogP contribution in [-0.4, -0.2) is 20.9 Å². The molecule has 0 spiro atoms. The minimum Gasteiger partial charge on any atom is -0.588 e. The number of aliphatic imine (C=N–C) groups is 1. The third-order valence-corrected chi connectivity index (χ3v) is 7.60. The monoisotopic (exact) mass is 458 g/mol. The molecular formula is C26H22N2O2S2. The molecule has 1 aliphatic heterocycles. The topological polar surface area (TPSA) is 64.5 Å².